The maximum absolute atomic E-state index is 11.6. The molecule has 1 fully saturated rings. The van der Waals surface area contributed by atoms with E-state index in [0.717, 1.165) is 4.90 Å². The van der Waals surface area contributed by atoms with Crippen molar-refractivity contribution in [1.82, 2.24) is 4.90 Å². The van der Waals surface area contributed by atoms with Gasteiger partial charge in [0.1, 0.15) is 0 Å². The summed E-state index contributed by atoms with van der Waals surface area (Å²) in [5, 5.41) is 17.6. The maximum atomic E-state index is 11.6. The van der Waals surface area contributed by atoms with Crippen LogP contribution < -0.4 is 0 Å². The van der Waals surface area contributed by atoms with E-state index in [1.54, 1.807) is 13.8 Å². The lowest BCUT2D eigenvalue weighted by atomic mass is 9.81. The smallest absolute Gasteiger partial charge is 0.334 e. The number of aliphatic hydroxyl groups is 1. The number of likely N-dealkylation sites (tertiary alicyclic amines) is 1. The van der Waals surface area contributed by atoms with Gasteiger partial charge in [0.2, 0.25) is 11.8 Å². The van der Waals surface area contributed by atoms with Gasteiger partial charge in [-0.15, -0.1) is 0 Å². The van der Waals surface area contributed by atoms with E-state index in [1.807, 2.05) is 0 Å². The van der Waals surface area contributed by atoms with Crippen molar-refractivity contribution >= 4 is 17.8 Å². The monoisotopic (exact) mass is 229 g/mol. The number of piperidine rings is 1. The molecule has 6 heteroatoms. The van der Waals surface area contributed by atoms with Crippen LogP contribution in [0.4, 0.5) is 0 Å². The molecule has 0 spiro atoms. The summed E-state index contributed by atoms with van der Waals surface area (Å²) >= 11 is 0. The second-order valence-electron chi connectivity index (χ2n) is 4.77. The van der Waals surface area contributed by atoms with Crippen LogP contribution in [0.15, 0.2) is 0 Å². The third-order valence-corrected chi connectivity index (χ3v) is 2.50. The summed E-state index contributed by atoms with van der Waals surface area (Å²) in [6, 6.07) is 0. The summed E-state index contributed by atoms with van der Waals surface area (Å²) in [6.45, 7) is 3.13. The molecule has 16 heavy (non-hydrogen) atoms. The van der Waals surface area contributed by atoms with Crippen molar-refractivity contribution in [2.45, 2.75) is 32.8 Å². The zero-order valence-electron chi connectivity index (χ0n) is 9.27. The van der Waals surface area contributed by atoms with Crippen molar-refractivity contribution in [1.29, 1.82) is 0 Å². The number of carbonyl (C=O) groups is 3. The highest BCUT2D eigenvalue weighted by Gasteiger charge is 2.38. The zero-order chi connectivity index (χ0) is 12.5. The first-order valence-electron chi connectivity index (χ1n) is 4.97. The predicted octanol–water partition coefficient (Wildman–Crippen LogP) is -0.393. The molecule has 0 aromatic heterocycles. The van der Waals surface area contributed by atoms with Gasteiger partial charge >= 0.3 is 5.97 Å². The molecule has 1 saturated heterocycles. The molecule has 1 aliphatic rings. The average Bonchev–Trinajstić information content (AvgIpc) is 2.09. The summed E-state index contributed by atoms with van der Waals surface area (Å²) in [7, 11) is 0. The number of β-amino-alcohol motifs (C(OH)–C–C–N with tert-alkyl or cyclic N) is 1. The number of nitrogens with zero attached hydrogens (tertiary/aromatic N) is 1. The van der Waals surface area contributed by atoms with Gasteiger partial charge in [0.05, 0.1) is 6.54 Å². The van der Waals surface area contributed by atoms with Gasteiger partial charge in [-0.25, -0.2) is 4.79 Å². The maximum Gasteiger partial charge on any atom is 0.334 e. The molecular weight excluding hydrogens is 214 g/mol. The Labute approximate surface area is 92.9 Å². The third-order valence-electron chi connectivity index (χ3n) is 2.50. The molecule has 0 aromatic rings. The fourth-order valence-corrected chi connectivity index (χ4v) is 1.67. The molecule has 6 nitrogen and oxygen atoms in total. The molecule has 1 rings (SSSR count). The van der Waals surface area contributed by atoms with Gasteiger partial charge in [-0.3, -0.25) is 14.5 Å². The second kappa shape index (κ2) is 4.21. The lowest BCUT2D eigenvalue weighted by Crippen LogP contribution is -2.50. The average molecular weight is 229 g/mol. The van der Waals surface area contributed by atoms with E-state index in [2.05, 4.69) is 0 Å². The minimum Gasteiger partial charge on any atom is -0.479 e. The Morgan fingerprint density at radius 3 is 2.19 bits per heavy atom. The van der Waals surface area contributed by atoms with Crippen LogP contribution in [0.1, 0.15) is 26.7 Å². The highest BCUT2D eigenvalue weighted by atomic mass is 16.4. The molecule has 90 valence electrons. The summed E-state index contributed by atoms with van der Waals surface area (Å²) < 4.78 is 0. The minimum absolute atomic E-state index is 0.186. The van der Waals surface area contributed by atoms with Gasteiger partial charge in [-0.1, -0.05) is 13.8 Å². The summed E-state index contributed by atoms with van der Waals surface area (Å²) in [4.78, 5) is 34.4. The van der Waals surface area contributed by atoms with Crippen molar-refractivity contribution in [3.05, 3.63) is 0 Å². The number of carboxylic acid groups (broad SMARTS) is 1. The lowest BCUT2D eigenvalue weighted by Gasteiger charge is -2.35. The quantitative estimate of drug-likeness (QED) is 0.642. The molecule has 0 bridgehead atoms. The minimum atomic E-state index is -1.71. The molecule has 1 unspecified atom stereocenters. The van der Waals surface area contributed by atoms with Gasteiger partial charge in [0.25, 0.3) is 0 Å². The highest BCUT2D eigenvalue weighted by Crippen LogP contribution is 2.31. The molecule has 1 atom stereocenters. The molecule has 1 aliphatic heterocycles. The van der Waals surface area contributed by atoms with Crippen molar-refractivity contribution in [2.24, 2.45) is 5.41 Å². The normalized spacial score (nSPS) is 22.1. The Hall–Kier alpha value is -1.43. The number of hydrogen-bond acceptors (Lipinski definition) is 4. The van der Waals surface area contributed by atoms with Gasteiger partial charge in [0.15, 0.2) is 6.10 Å². The summed E-state index contributed by atoms with van der Waals surface area (Å²) in [5.74, 6) is -2.30. The van der Waals surface area contributed by atoms with E-state index in [0.29, 0.717) is 0 Å². The van der Waals surface area contributed by atoms with Crippen LogP contribution in [-0.2, 0) is 14.4 Å². The van der Waals surface area contributed by atoms with Crippen molar-refractivity contribution in [3.8, 4) is 0 Å². The van der Waals surface area contributed by atoms with E-state index in [4.69, 9.17) is 10.2 Å². The predicted molar refractivity (Wildman–Crippen MR) is 53.4 cm³/mol. The first kappa shape index (κ1) is 12.6. The van der Waals surface area contributed by atoms with Crippen LogP contribution in [0.3, 0.4) is 0 Å². The SMILES string of the molecule is CC1(C)CC(=O)N(CC(O)C(=O)O)C(=O)C1. The Bertz CT molecular complexity index is 316. The number of imide groups is 1. The highest BCUT2D eigenvalue weighted by molar-refractivity contribution is 5.98. The molecule has 0 radical (unpaired) electrons. The summed E-state index contributed by atoms with van der Waals surface area (Å²) in [6.07, 6.45) is -1.34. The topological polar surface area (TPSA) is 94.9 Å². The van der Waals surface area contributed by atoms with E-state index in [-0.39, 0.29) is 12.8 Å². The number of amides is 2. The van der Waals surface area contributed by atoms with Crippen LogP contribution in [0.2, 0.25) is 0 Å². The Kier molecular flexibility index (Phi) is 3.32. The van der Waals surface area contributed by atoms with Gasteiger partial charge in [-0.2, -0.15) is 0 Å². The van der Waals surface area contributed by atoms with E-state index < -0.39 is 35.8 Å². The van der Waals surface area contributed by atoms with Gasteiger partial charge in [0, 0.05) is 12.8 Å². The molecule has 2 amide bonds. The third kappa shape index (κ3) is 2.79. The number of carbonyl (C=O) groups excluding carboxylic acids is 2. The van der Waals surface area contributed by atoms with Crippen molar-refractivity contribution < 1.29 is 24.6 Å². The first-order valence-corrected chi connectivity index (χ1v) is 4.97. The molecule has 0 aromatic carbocycles. The molecule has 2 N–H and O–H groups in total. The van der Waals surface area contributed by atoms with Crippen LogP contribution >= 0.6 is 0 Å². The molecule has 0 saturated carbocycles. The van der Waals surface area contributed by atoms with E-state index in [9.17, 15) is 14.4 Å². The Morgan fingerprint density at radius 2 is 1.81 bits per heavy atom. The van der Waals surface area contributed by atoms with Crippen molar-refractivity contribution in [2.75, 3.05) is 6.54 Å². The standard InChI is InChI=1S/C10H15NO5/c1-10(2)3-7(13)11(8(14)4-10)5-6(12)9(15)16/h6,12H,3-5H2,1-2H3,(H,15,16). The van der Waals surface area contributed by atoms with Crippen LogP contribution in [0.5, 0.6) is 0 Å². The van der Waals surface area contributed by atoms with Crippen LogP contribution in [-0.4, -0.2) is 45.5 Å². The second-order valence-corrected chi connectivity index (χ2v) is 4.77. The van der Waals surface area contributed by atoms with E-state index in [1.165, 1.54) is 0 Å². The number of hydrogen-bond donors (Lipinski definition) is 2. The largest absolute Gasteiger partial charge is 0.479 e. The Balaban J connectivity index is 2.72. The number of rotatable bonds is 3. The zero-order valence-corrected chi connectivity index (χ0v) is 9.27. The number of aliphatic carboxylic acids is 1. The van der Waals surface area contributed by atoms with Crippen LogP contribution in [0, 0.1) is 5.41 Å². The first-order chi connectivity index (χ1) is 7.23. The molecular formula is C10H15NO5. The van der Waals surface area contributed by atoms with Gasteiger partial charge < -0.3 is 10.2 Å². The number of aliphatic hydroxyl groups excluding tert-OH is 1. The fourth-order valence-electron chi connectivity index (χ4n) is 1.67. The summed E-state index contributed by atoms with van der Waals surface area (Å²) in [5.41, 5.74) is -0.390. The Morgan fingerprint density at radius 1 is 1.38 bits per heavy atom. The molecule has 1 heterocycles. The lowest BCUT2D eigenvalue weighted by molar-refractivity contribution is -0.157. The van der Waals surface area contributed by atoms with E-state index >= 15 is 0 Å². The number of carboxylic acids is 1. The van der Waals surface area contributed by atoms with Gasteiger partial charge in [-0.05, 0) is 5.41 Å². The molecule has 0 aliphatic carbocycles. The van der Waals surface area contributed by atoms with Crippen LogP contribution in [0.25, 0.3) is 0 Å². The fraction of sp³-hybridized carbons (Fsp3) is 0.700. The van der Waals surface area contributed by atoms with Crippen molar-refractivity contribution in [3.63, 3.8) is 0 Å².